The van der Waals surface area contributed by atoms with Crippen molar-refractivity contribution >= 4 is 28.9 Å². The molecule has 2 saturated heterocycles. The normalized spacial score (nSPS) is 16.9. The number of piperazine rings is 1. The molecule has 2 aromatic heterocycles. The van der Waals surface area contributed by atoms with Crippen LogP contribution in [0.25, 0.3) is 22.0 Å². The molecule has 15 heteroatoms. The average Bonchev–Trinajstić information content (AvgIpc) is 3.55. The quantitative estimate of drug-likeness (QED) is 0.247. The lowest BCUT2D eigenvalue weighted by atomic mass is 10.1. The molecule has 13 nitrogen and oxygen atoms in total. The molecule has 0 spiro atoms. The summed E-state index contributed by atoms with van der Waals surface area (Å²) in [6.45, 7) is 2.88. The van der Waals surface area contributed by atoms with E-state index in [1.807, 2.05) is 17.0 Å². The van der Waals surface area contributed by atoms with E-state index in [9.17, 15) is 23.2 Å². The van der Waals surface area contributed by atoms with Crippen LogP contribution in [0, 0.1) is 5.92 Å². The van der Waals surface area contributed by atoms with E-state index in [4.69, 9.17) is 15.2 Å². The number of aromatic nitrogens is 4. The van der Waals surface area contributed by atoms with Crippen molar-refractivity contribution in [3.63, 3.8) is 0 Å². The van der Waals surface area contributed by atoms with Crippen molar-refractivity contribution in [1.82, 2.24) is 29.5 Å². The molecule has 4 heterocycles. The number of hydrogen-bond donors (Lipinski definition) is 2. The number of rotatable bonds is 10. The minimum Gasteiger partial charge on any atom is -0.460 e. The molecule has 0 saturated carbocycles. The first-order valence-electron chi connectivity index (χ1n) is 15.3. The number of halogens is 2. The molecular formula is C32H36F2N8O5. The summed E-state index contributed by atoms with van der Waals surface area (Å²) < 4.78 is 40.0. The fourth-order valence-electron chi connectivity index (χ4n) is 5.90. The van der Waals surface area contributed by atoms with Gasteiger partial charge in [0.25, 0.3) is 5.56 Å². The number of anilines is 1. The molecule has 0 unspecified atom stereocenters. The van der Waals surface area contributed by atoms with Crippen LogP contribution in [0.2, 0.25) is 0 Å². The van der Waals surface area contributed by atoms with Crippen LogP contribution in [-0.4, -0.2) is 81.1 Å². The van der Waals surface area contributed by atoms with E-state index < -0.39 is 18.6 Å². The SMILES string of the molecule is CC(C)[C@H](N)C(=O)OCc1ccc(OC(F)F)c(Cn2c3cc(-c4cnc(N5CCN6C(=O)NC[C@@H]6C5)nc4)ccc3c(=O)n2C)c1. The lowest BCUT2D eigenvalue weighted by Crippen LogP contribution is -2.52. The maximum atomic E-state index is 13.4. The number of nitrogens with one attached hydrogen (secondary N) is 1. The van der Waals surface area contributed by atoms with Crippen molar-refractivity contribution in [2.24, 2.45) is 18.7 Å². The number of amides is 2. The second-order valence-corrected chi connectivity index (χ2v) is 12.1. The molecule has 2 atom stereocenters. The van der Waals surface area contributed by atoms with Crippen LogP contribution in [0.3, 0.4) is 0 Å². The van der Waals surface area contributed by atoms with Gasteiger partial charge in [0, 0.05) is 56.7 Å². The third-order valence-corrected chi connectivity index (χ3v) is 8.68. The number of nitrogens with two attached hydrogens (primary N) is 1. The number of urea groups is 1. The van der Waals surface area contributed by atoms with Gasteiger partial charge in [-0.2, -0.15) is 8.78 Å². The second-order valence-electron chi connectivity index (χ2n) is 12.1. The summed E-state index contributed by atoms with van der Waals surface area (Å²) >= 11 is 0. The summed E-state index contributed by atoms with van der Waals surface area (Å²) in [5.41, 5.74) is 8.57. The highest BCUT2D eigenvalue weighted by Crippen LogP contribution is 2.28. The van der Waals surface area contributed by atoms with Gasteiger partial charge in [0.1, 0.15) is 18.4 Å². The minimum atomic E-state index is -3.07. The number of esters is 1. The number of benzene rings is 2. The number of carbonyl (C=O) groups excluding carboxylic acids is 2. The van der Waals surface area contributed by atoms with Crippen LogP contribution >= 0.6 is 0 Å². The Balaban J connectivity index is 1.27. The van der Waals surface area contributed by atoms with Crippen LogP contribution in [0.5, 0.6) is 5.75 Å². The molecule has 248 valence electrons. The van der Waals surface area contributed by atoms with E-state index in [2.05, 4.69) is 20.2 Å². The van der Waals surface area contributed by atoms with Gasteiger partial charge in [0.05, 0.1) is 23.5 Å². The van der Waals surface area contributed by atoms with Crippen LogP contribution in [0.1, 0.15) is 25.0 Å². The highest BCUT2D eigenvalue weighted by atomic mass is 19.3. The first kappa shape index (κ1) is 31.9. The van der Waals surface area contributed by atoms with Gasteiger partial charge in [-0.05, 0) is 41.3 Å². The number of hydrogen-bond acceptors (Lipinski definition) is 9. The van der Waals surface area contributed by atoms with Gasteiger partial charge in [-0.3, -0.25) is 19.0 Å². The zero-order chi connectivity index (χ0) is 33.4. The largest absolute Gasteiger partial charge is 0.460 e. The van der Waals surface area contributed by atoms with Gasteiger partial charge in [-0.1, -0.05) is 26.0 Å². The van der Waals surface area contributed by atoms with Gasteiger partial charge < -0.3 is 30.3 Å². The fraction of sp³-hybridized carbons (Fsp3) is 0.406. The molecule has 0 radical (unpaired) electrons. The number of nitrogens with zero attached hydrogens (tertiary/aromatic N) is 6. The second kappa shape index (κ2) is 13.0. The van der Waals surface area contributed by atoms with E-state index >= 15 is 0 Å². The van der Waals surface area contributed by atoms with Gasteiger partial charge in [-0.25, -0.2) is 14.8 Å². The molecule has 0 aliphatic carbocycles. The molecule has 3 N–H and O–H groups in total. The smallest absolute Gasteiger partial charge is 0.387 e. The average molecular weight is 651 g/mol. The summed E-state index contributed by atoms with van der Waals surface area (Å²) in [5, 5.41) is 3.31. The lowest BCUT2D eigenvalue weighted by Gasteiger charge is -2.36. The summed E-state index contributed by atoms with van der Waals surface area (Å²) in [7, 11) is 1.60. The highest BCUT2D eigenvalue weighted by molar-refractivity contribution is 5.84. The zero-order valence-electron chi connectivity index (χ0n) is 26.2. The number of ether oxygens (including phenoxy) is 2. The molecule has 6 rings (SSSR count). The van der Waals surface area contributed by atoms with E-state index in [0.29, 0.717) is 54.2 Å². The third kappa shape index (κ3) is 6.48. The van der Waals surface area contributed by atoms with E-state index in [1.54, 1.807) is 50.1 Å². The number of carbonyl (C=O) groups is 2. The lowest BCUT2D eigenvalue weighted by molar-refractivity contribution is -0.147. The molecule has 47 heavy (non-hydrogen) atoms. The Morgan fingerprint density at radius 2 is 1.85 bits per heavy atom. The molecule has 2 aromatic carbocycles. The molecule has 2 aliphatic rings. The van der Waals surface area contributed by atoms with Crippen LogP contribution < -0.4 is 26.2 Å². The molecule has 2 aliphatic heterocycles. The van der Waals surface area contributed by atoms with Gasteiger partial charge >= 0.3 is 18.6 Å². The highest BCUT2D eigenvalue weighted by Gasteiger charge is 2.36. The topological polar surface area (TPSA) is 150 Å². The minimum absolute atomic E-state index is 0.00792. The predicted molar refractivity (Wildman–Crippen MR) is 169 cm³/mol. The van der Waals surface area contributed by atoms with Crippen molar-refractivity contribution in [3.8, 4) is 16.9 Å². The Bertz CT molecular complexity index is 1860. The Morgan fingerprint density at radius 1 is 1.09 bits per heavy atom. The number of fused-ring (bicyclic) bond motifs is 2. The van der Waals surface area contributed by atoms with Gasteiger partial charge in [0.15, 0.2) is 0 Å². The van der Waals surface area contributed by atoms with Gasteiger partial charge in [-0.15, -0.1) is 0 Å². The maximum absolute atomic E-state index is 13.4. The first-order valence-corrected chi connectivity index (χ1v) is 15.3. The van der Waals surface area contributed by atoms with Gasteiger partial charge in [0.2, 0.25) is 5.95 Å². The molecule has 2 amide bonds. The first-order chi connectivity index (χ1) is 22.5. The molecular weight excluding hydrogens is 614 g/mol. The monoisotopic (exact) mass is 650 g/mol. The third-order valence-electron chi connectivity index (χ3n) is 8.68. The summed E-state index contributed by atoms with van der Waals surface area (Å²) in [6, 6.07) is 9.12. The number of alkyl halides is 2. The van der Waals surface area contributed by atoms with Crippen molar-refractivity contribution in [2.45, 2.75) is 45.7 Å². The van der Waals surface area contributed by atoms with Crippen LogP contribution in [0.15, 0.2) is 53.6 Å². The zero-order valence-corrected chi connectivity index (χ0v) is 26.2. The Labute approximate surface area is 268 Å². The van der Waals surface area contributed by atoms with Crippen molar-refractivity contribution in [3.05, 3.63) is 70.3 Å². The predicted octanol–water partition coefficient (Wildman–Crippen LogP) is 2.69. The molecule has 4 aromatic rings. The van der Waals surface area contributed by atoms with Crippen molar-refractivity contribution in [1.29, 1.82) is 0 Å². The van der Waals surface area contributed by atoms with E-state index in [1.165, 1.54) is 16.8 Å². The Hall–Kier alpha value is -5.05. The van der Waals surface area contributed by atoms with E-state index in [-0.39, 0.29) is 42.5 Å². The maximum Gasteiger partial charge on any atom is 0.387 e. The van der Waals surface area contributed by atoms with Crippen molar-refractivity contribution in [2.75, 3.05) is 31.1 Å². The summed E-state index contributed by atoms with van der Waals surface area (Å²) in [5.74, 6) is -0.185. The van der Waals surface area contributed by atoms with Crippen molar-refractivity contribution < 1.29 is 27.8 Å². The van der Waals surface area contributed by atoms with Crippen LogP contribution in [-0.2, 0) is 29.7 Å². The summed E-state index contributed by atoms with van der Waals surface area (Å²) in [6.07, 6.45) is 3.42. The van der Waals surface area contributed by atoms with E-state index in [0.717, 1.165) is 11.1 Å². The Morgan fingerprint density at radius 3 is 2.57 bits per heavy atom. The molecule has 2 fully saturated rings. The molecule has 0 bridgehead atoms. The standard InChI is InChI=1S/C32H36F2N8O5/c1-18(2)27(35)29(44)46-17-19-4-7-26(47-30(33)34)21(10-19)15-42-25-11-20(5-6-24(25)28(43)39(42)3)22-12-36-31(37-13-22)40-8-9-41-23(16-40)14-38-32(41)45/h4-7,10-13,18,23,27,30H,8-9,14-17,35H2,1-3H3,(H,38,45)/t23-,27+/m1/s1. The van der Waals surface area contributed by atoms with Crippen LogP contribution in [0.4, 0.5) is 19.5 Å². The summed E-state index contributed by atoms with van der Waals surface area (Å²) in [4.78, 5) is 50.5. The Kier molecular flexibility index (Phi) is 8.82. The fourth-order valence-corrected chi connectivity index (χ4v) is 5.90.